The summed E-state index contributed by atoms with van der Waals surface area (Å²) >= 11 is 4.92. The van der Waals surface area contributed by atoms with Crippen LogP contribution in [0, 0.1) is 23.2 Å². The lowest BCUT2D eigenvalue weighted by Crippen LogP contribution is -2.52. The molecular weight excluding hydrogens is 204 g/mol. The highest BCUT2D eigenvalue weighted by Gasteiger charge is 2.53. The summed E-state index contributed by atoms with van der Waals surface area (Å²) in [5.74, 6) is 2.84. The zero-order valence-corrected chi connectivity index (χ0v) is 10.9. The topological polar surface area (TPSA) is 9.23 Å². The van der Waals surface area contributed by atoms with E-state index in [1.54, 1.807) is 0 Å². The lowest BCUT2D eigenvalue weighted by atomic mass is 9.45. The highest BCUT2D eigenvalue weighted by Crippen LogP contribution is 2.61. The van der Waals surface area contributed by atoms with E-state index >= 15 is 0 Å². The van der Waals surface area contributed by atoms with Crippen LogP contribution in [0.2, 0.25) is 0 Å². The Morgan fingerprint density at radius 2 is 2.13 bits per heavy atom. The van der Waals surface area contributed by atoms with E-state index < -0.39 is 0 Å². The first-order valence-electron chi connectivity index (χ1n) is 6.15. The molecule has 0 spiro atoms. The summed E-state index contributed by atoms with van der Waals surface area (Å²) in [5, 5.41) is 0.691. The Morgan fingerprint density at radius 1 is 1.40 bits per heavy atom. The van der Waals surface area contributed by atoms with Crippen LogP contribution in [0.25, 0.3) is 0 Å². The van der Waals surface area contributed by atoms with Gasteiger partial charge in [-0.05, 0) is 61.1 Å². The van der Waals surface area contributed by atoms with E-state index in [0.29, 0.717) is 10.5 Å². The predicted molar refractivity (Wildman–Crippen MR) is 66.9 cm³/mol. The van der Waals surface area contributed by atoms with Crippen molar-refractivity contribution in [1.82, 2.24) is 0 Å². The third-order valence-electron chi connectivity index (χ3n) is 4.80. The Hall–Kier alpha value is -0.110. The predicted octanol–water partition coefficient (Wildman–Crippen LogP) is 3.81. The number of fused-ring (bicyclic) bond motifs is 2. The summed E-state index contributed by atoms with van der Waals surface area (Å²) in [6.07, 6.45) is 5.52. The molecular formula is C13H22OS. The highest BCUT2D eigenvalue weighted by atomic mass is 32.1. The third-order valence-corrected chi connectivity index (χ3v) is 4.91. The monoisotopic (exact) mass is 226 g/mol. The van der Waals surface area contributed by atoms with Crippen molar-refractivity contribution in [3.63, 3.8) is 0 Å². The van der Waals surface area contributed by atoms with E-state index in [2.05, 4.69) is 13.8 Å². The van der Waals surface area contributed by atoms with Crippen LogP contribution in [0.4, 0.5) is 0 Å². The Labute approximate surface area is 98.6 Å². The molecule has 2 bridgehead atoms. The smallest absolute Gasteiger partial charge is 0.156 e. The molecule has 0 N–H and O–H groups in total. The van der Waals surface area contributed by atoms with Crippen molar-refractivity contribution in [2.24, 2.45) is 23.2 Å². The molecule has 0 aromatic rings. The molecule has 15 heavy (non-hydrogen) atoms. The molecule has 0 amide bonds. The van der Waals surface area contributed by atoms with Crippen LogP contribution in [0.5, 0.6) is 0 Å². The number of thiocarbonyl (C=S) groups is 1. The van der Waals surface area contributed by atoms with Gasteiger partial charge >= 0.3 is 0 Å². The van der Waals surface area contributed by atoms with Crippen LogP contribution >= 0.6 is 12.2 Å². The van der Waals surface area contributed by atoms with Crippen LogP contribution in [0.3, 0.4) is 0 Å². The molecule has 3 saturated carbocycles. The number of hydrogen-bond acceptors (Lipinski definition) is 2. The molecule has 0 aliphatic heterocycles. The molecule has 0 heterocycles. The van der Waals surface area contributed by atoms with Crippen molar-refractivity contribution in [3.8, 4) is 0 Å². The molecule has 0 aromatic carbocycles. The number of ether oxygens (including phenoxy) is 1. The first-order chi connectivity index (χ1) is 7.01. The Balaban J connectivity index is 1.81. The Kier molecular flexibility index (Phi) is 3.07. The zero-order valence-electron chi connectivity index (χ0n) is 10.1. The maximum Gasteiger partial charge on any atom is 0.156 e. The van der Waals surface area contributed by atoms with E-state index in [0.717, 1.165) is 24.4 Å². The van der Waals surface area contributed by atoms with Gasteiger partial charge in [-0.1, -0.05) is 13.8 Å². The summed E-state index contributed by atoms with van der Waals surface area (Å²) in [6.45, 7) is 7.59. The fraction of sp³-hybridized carbons (Fsp3) is 0.923. The lowest BCUT2D eigenvalue weighted by Gasteiger charge is -2.60. The Morgan fingerprint density at radius 3 is 2.67 bits per heavy atom. The largest absolute Gasteiger partial charge is 0.487 e. The van der Waals surface area contributed by atoms with Gasteiger partial charge in [-0.25, -0.2) is 0 Å². The van der Waals surface area contributed by atoms with Crippen LogP contribution in [0.1, 0.15) is 46.5 Å². The molecule has 3 rings (SSSR count). The molecule has 2 heteroatoms. The maximum atomic E-state index is 5.41. The van der Waals surface area contributed by atoms with Gasteiger partial charge in [0.25, 0.3) is 0 Å². The van der Waals surface area contributed by atoms with Gasteiger partial charge in [0.1, 0.15) is 0 Å². The fourth-order valence-corrected chi connectivity index (χ4v) is 3.75. The molecule has 3 aliphatic carbocycles. The minimum Gasteiger partial charge on any atom is -0.487 e. The normalized spacial score (nSPS) is 36.9. The molecule has 0 aromatic heterocycles. The fourth-order valence-electron chi connectivity index (χ4n) is 3.66. The van der Waals surface area contributed by atoms with Crippen molar-refractivity contribution in [1.29, 1.82) is 0 Å². The van der Waals surface area contributed by atoms with Crippen LogP contribution in [-0.4, -0.2) is 11.7 Å². The van der Waals surface area contributed by atoms with E-state index in [4.69, 9.17) is 17.0 Å². The number of hydrogen-bond donors (Lipinski definition) is 0. The zero-order chi connectivity index (χ0) is 11.1. The summed E-state index contributed by atoms with van der Waals surface area (Å²) in [4.78, 5) is 0. The minimum absolute atomic E-state index is 0.607. The van der Waals surface area contributed by atoms with Crippen molar-refractivity contribution < 1.29 is 4.74 Å². The molecule has 0 radical (unpaired) electrons. The van der Waals surface area contributed by atoms with E-state index in [1.807, 2.05) is 6.92 Å². The molecule has 3 aliphatic rings. The lowest BCUT2D eigenvalue weighted by molar-refractivity contribution is -0.109. The third kappa shape index (κ3) is 2.06. The summed E-state index contributed by atoms with van der Waals surface area (Å²) in [7, 11) is 0. The van der Waals surface area contributed by atoms with Crippen LogP contribution in [0.15, 0.2) is 0 Å². The minimum atomic E-state index is 0.607. The first-order valence-corrected chi connectivity index (χ1v) is 6.56. The summed E-state index contributed by atoms with van der Waals surface area (Å²) in [6, 6.07) is 0. The first kappa shape index (κ1) is 11.4. The van der Waals surface area contributed by atoms with Gasteiger partial charge < -0.3 is 4.74 Å². The van der Waals surface area contributed by atoms with E-state index in [9.17, 15) is 0 Å². The SMILES string of the molecule is CC(=S)OCCC1CCC2CC1C2(C)C. The van der Waals surface area contributed by atoms with Crippen LogP contribution in [-0.2, 0) is 4.74 Å². The quantitative estimate of drug-likeness (QED) is 0.677. The molecule has 3 fully saturated rings. The molecule has 3 atom stereocenters. The van der Waals surface area contributed by atoms with Crippen molar-refractivity contribution >= 4 is 17.3 Å². The second kappa shape index (κ2) is 4.04. The average molecular weight is 226 g/mol. The maximum absolute atomic E-state index is 5.41. The van der Waals surface area contributed by atoms with Gasteiger partial charge in [0.15, 0.2) is 5.05 Å². The standard InChI is InChI=1S/C13H22OS/c1-9(15)14-7-6-10-4-5-11-8-12(10)13(11,2)3/h10-12H,4-8H2,1-3H3. The molecule has 1 nitrogen and oxygen atoms in total. The van der Waals surface area contributed by atoms with Crippen molar-refractivity contribution in [3.05, 3.63) is 0 Å². The van der Waals surface area contributed by atoms with Gasteiger partial charge in [-0.2, -0.15) is 0 Å². The van der Waals surface area contributed by atoms with E-state index in [-0.39, 0.29) is 0 Å². The van der Waals surface area contributed by atoms with Crippen molar-refractivity contribution in [2.75, 3.05) is 6.61 Å². The molecule has 86 valence electrons. The second-order valence-electron chi connectivity index (χ2n) is 5.83. The summed E-state index contributed by atoms with van der Waals surface area (Å²) < 4.78 is 5.41. The van der Waals surface area contributed by atoms with Crippen LogP contribution < -0.4 is 0 Å². The summed E-state index contributed by atoms with van der Waals surface area (Å²) in [5.41, 5.74) is 0.607. The van der Waals surface area contributed by atoms with Gasteiger partial charge in [0.05, 0.1) is 6.61 Å². The average Bonchev–Trinajstić information content (AvgIpc) is 2.17. The molecule has 3 unspecified atom stereocenters. The van der Waals surface area contributed by atoms with E-state index in [1.165, 1.54) is 25.7 Å². The van der Waals surface area contributed by atoms with Gasteiger partial charge in [0.2, 0.25) is 0 Å². The van der Waals surface area contributed by atoms with Gasteiger partial charge in [-0.3, -0.25) is 0 Å². The number of rotatable bonds is 3. The molecule has 0 saturated heterocycles. The Bertz CT molecular complexity index is 257. The highest BCUT2D eigenvalue weighted by molar-refractivity contribution is 7.80. The van der Waals surface area contributed by atoms with Crippen molar-refractivity contribution in [2.45, 2.75) is 46.5 Å². The van der Waals surface area contributed by atoms with Gasteiger partial charge in [0, 0.05) is 6.92 Å². The van der Waals surface area contributed by atoms with Gasteiger partial charge in [-0.15, -0.1) is 0 Å². The second-order valence-corrected chi connectivity index (χ2v) is 6.40.